The van der Waals surface area contributed by atoms with Crippen LogP contribution in [0.25, 0.3) is 12.2 Å². The third-order valence-corrected chi connectivity index (χ3v) is 3.35. The minimum Gasteiger partial charge on any atom is -0.497 e. The zero-order chi connectivity index (χ0) is 17.9. The molecular formula is C21H19NO3. The Morgan fingerprint density at radius 1 is 0.760 bits per heavy atom. The van der Waals surface area contributed by atoms with E-state index >= 15 is 0 Å². The molecule has 2 aromatic carbocycles. The second-order valence-electron chi connectivity index (χ2n) is 5.11. The average molecular weight is 333 g/mol. The molecule has 0 saturated carbocycles. The normalized spacial score (nSPS) is 11.9. The van der Waals surface area contributed by atoms with Crippen LogP contribution in [0.5, 0.6) is 5.75 Å². The first-order chi connectivity index (χ1) is 12.2. The molecule has 0 radical (unpaired) electrons. The molecule has 126 valence electrons. The van der Waals surface area contributed by atoms with Crippen LogP contribution in [0.15, 0.2) is 85.0 Å². The van der Waals surface area contributed by atoms with Gasteiger partial charge < -0.3 is 4.74 Å². The third kappa shape index (κ3) is 6.31. The minimum absolute atomic E-state index is 0.0965. The summed E-state index contributed by atoms with van der Waals surface area (Å²) >= 11 is 0. The molecule has 0 amide bonds. The molecule has 0 spiro atoms. The lowest BCUT2D eigenvalue weighted by Crippen LogP contribution is -1.86. The van der Waals surface area contributed by atoms with Gasteiger partial charge in [-0.1, -0.05) is 60.7 Å². The molecule has 0 fully saturated rings. The van der Waals surface area contributed by atoms with Gasteiger partial charge in [0.25, 0.3) is 5.69 Å². The highest BCUT2D eigenvalue weighted by molar-refractivity contribution is 5.54. The van der Waals surface area contributed by atoms with E-state index in [0.717, 1.165) is 16.9 Å². The second-order valence-corrected chi connectivity index (χ2v) is 5.11. The van der Waals surface area contributed by atoms with Gasteiger partial charge in [0.05, 0.1) is 12.0 Å². The van der Waals surface area contributed by atoms with Crippen molar-refractivity contribution in [2.45, 2.75) is 0 Å². The number of benzene rings is 2. The molecule has 2 rings (SSSR count). The fourth-order valence-electron chi connectivity index (χ4n) is 2.01. The summed E-state index contributed by atoms with van der Waals surface area (Å²) in [6, 6.07) is 14.3. The van der Waals surface area contributed by atoms with Crippen molar-refractivity contribution < 1.29 is 9.66 Å². The summed E-state index contributed by atoms with van der Waals surface area (Å²) in [5.41, 5.74) is 2.12. The fourth-order valence-corrected chi connectivity index (χ4v) is 2.01. The van der Waals surface area contributed by atoms with Crippen LogP contribution in [-0.4, -0.2) is 12.0 Å². The highest BCUT2D eigenvalue weighted by Gasteiger charge is 2.01. The summed E-state index contributed by atoms with van der Waals surface area (Å²) in [5, 5.41) is 10.6. The molecule has 0 aliphatic carbocycles. The van der Waals surface area contributed by atoms with Crippen molar-refractivity contribution in [3.05, 3.63) is 106 Å². The minimum atomic E-state index is -0.405. The number of nitrogens with zero attached hydrogens (tertiary/aromatic N) is 1. The molecule has 25 heavy (non-hydrogen) atoms. The maximum absolute atomic E-state index is 10.6. The Labute approximate surface area is 147 Å². The molecular weight excluding hydrogens is 314 g/mol. The van der Waals surface area contributed by atoms with Crippen LogP contribution < -0.4 is 4.74 Å². The van der Waals surface area contributed by atoms with Crippen molar-refractivity contribution in [2.75, 3.05) is 7.11 Å². The van der Waals surface area contributed by atoms with Gasteiger partial charge in [-0.05, 0) is 35.4 Å². The summed E-state index contributed by atoms with van der Waals surface area (Å²) in [4.78, 5) is 10.2. The molecule has 2 aromatic rings. The molecule has 0 atom stereocenters. The van der Waals surface area contributed by atoms with Crippen molar-refractivity contribution >= 4 is 17.8 Å². The Hall–Kier alpha value is -3.40. The smallest absolute Gasteiger partial charge is 0.269 e. The Morgan fingerprint density at radius 2 is 1.20 bits per heavy atom. The Kier molecular flexibility index (Phi) is 6.95. The van der Waals surface area contributed by atoms with Crippen molar-refractivity contribution in [3.8, 4) is 5.75 Å². The summed E-state index contributed by atoms with van der Waals surface area (Å²) < 4.78 is 5.11. The van der Waals surface area contributed by atoms with Gasteiger partial charge in [-0.2, -0.15) is 0 Å². The summed E-state index contributed by atoms with van der Waals surface area (Å²) in [5.74, 6) is 0.843. The van der Waals surface area contributed by atoms with Crippen LogP contribution in [0.1, 0.15) is 11.1 Å². The maximum atomic E-state index is 10.6. The van der Waals surface area contributed by atoms with E-state index in [2.05, 4.69) is 0 Å². The van der Waals surface area contributed by atoms with Gasteiger partial charge in [0.15, 0.2) is 0 Å². The summed E-state index contributed by atoms with van der Waals surface area (Å²) in [6.07, 6.45) is 15.4. The summed E-state index contributed by atoms with van der Waals surface area (Å²) in [6.45, 7) is 0. The maximum Gasteiger partial charge on any atom is 0.269 e. The van der Waals surface area contributed by atoms with Crippen LogP contribution in [-0.2, 0) is 0 Å². The molecule has 0 unspecified atom stereocenters. The first-order valence-corrected chi connectivity index (χ1v) is 7.75. The molecule has 4 heteroatoms. The number of rotatable bonds is 7. The third-order valence-electron chi connectivity index (χ3n) is 3.35. The number of non-ortho nitro benzene ring substituents is 1. The Morgan fingerprint density at radius 3 is 1.64 bits per heavy atom. The van der Waals surface area contributed by atoms with Crippen molar-refractivity contribution in [2.24, 2.45) is 0 Å². The van der Waals surface area contributed by atoms with Crippen molar-refractivity contribution in [1.82, 2.24) is 0 Å². The first-order valence-electron chi connectivity index (χ1n) is 7.75. The van der Waals surface area contributed by atoms with Crippen LogP contribution in [0, 0.1) is 10.1 Å². The summed E-state index contributed by atoms with van der Waals surface area (Å²) in [7, 11) is 1.65. The van der Waals surface area contributed by atoms with Gasteiger partial charge in [-0.3, -0.25) is 10.1 Å². The molecule has 0 aliphatic heterocycles. The number of allylic oxidation sites excluding steroid dienone is 6. The van der Waals surface area contributed by atoms with Crippen molar-refractivity contribution in [3.63, 3.8) is 0 Å². The van der Waals surface area contributed by atoms with E-state index in [9.17, 15) is 10.1 Å². The van der Waals surface area contributed by atoms with Crippen LogP contribution in [0.4, 0.5) is 5.69 Å². The highest BCUT2D eigenvalue weighted by atomic mass is 16.6. The van der Waals surface area contributed by atoms with E-state index in [4.69, 9.17) is 4.74 Å². The van der Waals surface area contributed by atoms with E-state index < -0.39 is 4.92 Å². The molecule has 0 saturated heterocycles. The lowest BCUT2D eigenvalue weighted by Gasteiger charge is -1.98. The zero-order valence-electron chi connectivity index (χ0n) is 13.9. The fraction of sp³-hybridized carbons (Fsp3) is 0.0476. The standard InChI is InChI=1S/C21H19NO3/c1-25-21-16-12-19(13-17-21)9-7-5-3-2-4-6-8-18-10-14-20(15-11-18)22(23)24/h2-17H,1H3. The van der Waals surface area contributed by atoms with Gasteiger partial charge in [0, 0.05) is 12.1 Å². The monoisotopic (exact) mass is 333 g/mol. The van der Waals surface area contributed by atoms with Crippen molar-refractivity contribution in [1.29, 1.82) is 0 Å². The van der Waals surface area contributed by atoms with E-state index in [1.165, 1.54) is 12.1 Å². The molecule has 0 heterocycles. The number of ether oxygens (including phenoxy) is 1. The molecule has 0 aromatic heterocycles. The number of nitro benzene ring substituents is 1. The van der Waals surface area contributed by atoms with Gasteiger partial charge in [-0.15, -0.1) is 0 Å². The second kappa shape index (κ2) is 9.67. The van der Waals surface area contributed by atoms with Gasteiger partial charge >= 0.3 is 0 Å². The zero-order valence-corrected chi connectivity index (χ0v) is 13.9. The topological polar surface area (TPSA) is 52.4 Å². The lowest BCUT2D eigenvalue weighted by molar-refractivity contribution is -0.384. The number of nitro groups is 1. The molecule has 0 bridgehead atoms. The van der Waals surface area contributed by atoms with E-state index in [0.29, 0.717) is 0 Å². The van der Waals surface area contributed by atoms with E-state index in [-0.39, 0.29) is 5.69 Å². The van der Waals surface area contributed by atoms with Crippen LogP contribution >= 0.6 is 0 Å². The van der Waals surface area contributed by atoms with Crippen LogP contribution in [0.2, 0.25) is 0 Å². The molecule has 0 aliphatic rings. The average Bonchev–Trinajstić information content (AvgIpc) is 2.64. The first kappa shape index (κ1) is 17.9. The SMILES string of the molecule is COc1ccc(C=CC=CC=CC=Cc2ccc([N+](=O)[O-])cc2)cc1. The molecule has 0 N–H and O–H groups in total. The number of hydrogen-bond donors (Lipinski definition) is 0. The van der Waals surface area contributed by atoms with Gasteiger partial charge in [0.2, 0.25) is 0 Å². The van der Waals surface area contributed by atoms with Gasteiger partial charge in [-0.25, -0.2) is 0 Å². The predicted molar refractivity (Wildman–Crippen MR) is 102 cm³/mol. The van der Waals surface area contributed by atoms with Gasteiger partial charge in [0.1, 0.15) is 5.75 Å². The van der Waals surface area contributed by atoms with E-state index in [1.54, 1.807) is 19.2 Å². The highest BCUT2D eigenvalue weighted by Crippen LogP contribution is 2.13. The Balaban J connectivity index is 1.80. The molecule has 4 nitrogen and oxygen atoms in total. The van der Waals surface area contributed by atoms with E-state index in [1.807, 2.05) is 72.9 Å². The largest absolute Gasteiger partial charge is 0.497 e. The predicted octanol–water partition coefficient (Wildman–Crippen LogP) is 5.44. The lowest BCUT2D eigenvalue weighted by atomic mass is 10.2. The number of hydrogen-bond acceptors (Lipinski definition) is 3. The van der Waals surface area contributed by atoms with Crippen LogP contribution in [0.3, 0.4) is 0 Å². The Bertz CT molecular complexity index is 798. The quantitative estimate of drug-likeness (QED) is 0.385. The number of methoxy groups -OCH3 is 1.